The Morgan fingerprint density at radius 3 is 2.74 bits per heavy atom. The Bertz CT molecular complexity index is 606. The summed E-state index contributed by atoms with van der Waals surface area (Å²) in [5.74, 6) is -0.740. The number of hydrogen-bond acceptors (Lipinski definition) is 2. The van der Waals surface area contributed by atoms with Crippen LogP contribution in [-0.2, 0) is 4.79 Å². The van der Waals surface area contributed by atoms with Gasteiger partial charge in [-0.2, -0.15) is 5.10 Å². The average Bonchev–Trinajstić information content (AvgIpc) is 2.79. The lowest BCUT2D eigenvalue weighted by molar-refractivity contribution is -0.119. The first-order chi connectivity index (χ1) is 8.97. The van der Waals surface area contributed by atoms with Gasteiger partial charge in [-0.3, -0.25) is 9.48 Å². The molecule has 1 N–H and O–H groups in total. The molecule has 0 aliphatic heterocycles. The first-order valence-corrected chi connectivity index (χ1v) is 6.05. The highest BCUT2D eigenvalue weighted by molar-refractivity contribution is 5.93. The summed E-state index contributed by atoms with van der Waals surface area (Å²) in [6.45, 7) is 5.46. The predicted molar refractivity (Wildman–Crippen MR) is 71.4 cm³/mol. The van der Waals surface area contributed by atoms with E-state index in [2.05, 4.69) is 10.4 Å². The molecule has 1 heterocycles. The van der Waals surface area contributed by atoms with Crippen LogP contribution in [0.15, 0.2) is 30.6 Å². The molecule has 0 fully saturated rings. The molecule has 0 aliphatic carbocycles. The van der Waals surface area contributed by atoms with Gasteiger partial charge in [-0.25, -0.2) is 4.39 Å². The fourth-order valence-electron chi connectivity index (χ4n) is 1.74. The zero-order chi connectivity index (χ0) is 14.0. The maximum absolute atomic E-state index is 13.6. The Morgan fingerprint density at radius 2 is 2.11 bits per heavy atom. The van der Waals surface area contributed by atoms with Gasteiger partial charge in [-0.05, 0) is 44.0 Å². The quantitative estimate of drug-likeness (QED) is 0.923. The van der Waals surface area contributed by atoms with Crippen LogP contribution in [0, 0.1) is 19.7 Å². The molecule has 100 valence electrons. The number of aromatic nitrogens is 2. The number of halogens is 1. The molecule has 1 amide bonds. The monoisotopic (exact) mass is 261 g/mol. The third-order valence-corrected chi connectivity index (χ3v) is 2.89. The van der Waals surface area contributed by atoms with Gasteiger partial charge in [0.05, 0.1) is 11.9 Å². The molecule has 2 aromatic rings. The Hall–Kier alpha value is -2.17. The van der Waals surface area contributed by atoms with Gasteiger partial charge in [-0.15, -0.1) is 0 Å². The van der Waals surface area contributed by atoms with E-state index in [1.54, 1.807) is 36.1 Å². The molecule has 1 aromatic carbocycles. The van der Waals surface area contributed by atoms with Crippen LogP contribution in [0.1, 0.15) is 24.1 Å². The summed E-state index contributed by atoms with van der Waals surface area (Å²) < 4.78 is 15.1. The number of carbonyl (C=O) groups is 1. The molecule has 4 nitrogen and oxygen atoms in total. The summed E-state index contributed by atoms with van der Waals surface area (Å²) in [4.78, 5) is 12.0. The maximum atomic E-state index is 13.6. The average molecular weight is 261 g/mol. The Balaban J connectivity index is 2.14. The van der Waals surface area contributed by atoms with Crippen LogP contribution in [0.25, 0.3) is 0 Å². The Kier molecular flexibility index (Phi) is 3.64. The van der Waals surface area contributed by atoms with Crippen molar-refractivity contribution < 1.29 is 9.18 Å². The first kappa shape index (κ1) is 13.3. The highest BCUT2D eigenvalue weighted by Crippen LogP contribution is 2.17. The van der Waals surface area contributed by atoms with Gasteiger partial charge in [0.1, 0.15) is 11.9 Å². The number of nitrogens with one attached hydrogen (secondary N) is 1. The minimum absolute atomic E-state index is 0.195. The van der Waals surface area contributed by atoms with Crippen LogP contribution >= 0.6 is 0 Å². The van der Waals surface area contributed by atoms with E-state index in [0.29, 0.717) is 0 Å². The molecular weight excluding hydrogens is 245 g/mol. The molecule has 19 heavy (non-hydrogen) atoms. The number of amides is 1. The van der Waals surface area contributed by atoms with Crippen molar-refractivity contribution in [1.29, 1.82) is 0 Å². The van der Waals surface area contributed by atoms with E-state index in [-0.39, 0.29) is 11.6 Å². The number of hydrogen-bond donors (Lipinski definition) is 1. The lowest BCUT2D eigenvalue weighted by atomic mass is 10.2. The normalized spacial score (nSPS) is 12.2. The zero-order valence-corrected chi connectivity index (χ0v) is 11.1. The van der Waals surface area contributed by atoms with Crippen molar-refractivity contribution in [3.63, 3.8) is 0 Å². The second-order valence-electron chi connectivity index (χ2n) is 4.65. The van der Waals surface area contributed by atoms with E-state index >= 15 is 0 Å². The molecule has 0 saturated heterocycles. The Morgan fingerprint density at radius 1 is 1.37 bits per heavy atom. The molecule has 0 radical (unpaired) electrons. The van der Waals surface area contributed by atoms with Crippen molar-refractivity contribution in [2.45, 2.75) is 26.8 Å². The molecule has 5 heteroatoms. The second-order valence-corrected chi connectivity index (χ2v) is 4.65. The summed E-state index contributed by atoms with van der Waals surface area (Å²) in [6.07, 6.45) is 3.45. The van der Waals surface area contributed by atoms with E-state index in [0.717, 1.165) is 11.1 Å². The standard InChI is InChI=1S/C14H16FN3O/c1-9-4-5-12(15)13(6-9)17-14(19)11(3)18-8-10(2)7-16-18/h4-8,11H,1-3H3,(H,17,19). The first-order valence-electron chi connectivity index (χ1n) is 6.05. The number of carbonyl (C=O) groups excluding carboxylic acids is 1. The summed E-state index contributed by atoms with van der Waals surface area (Å²) in [7, 11) is 0. The highest BCUT2D eigenvalue weighted by Gasteiger charge is 2.17. The summed E-state index contributed by atoms with van der Waals surface area (Å²) >= 11 is 0. The molecule has 0 saturated carbocycles. The molecular formula is C14H16FN3O. The number of nitrogens with zero attached hydrogens (tertiary/aromatic N) is 2. The van der Waals surface area contributed by atoms with Gasteiger partial charge in [0.2, 0.25) is 5.91 Å². The molecule has 1 unspecified atom stereocenters. The van der Waals surface area contributed by atoms with Crippen molar-refractivity contribution in [3.8, 4) is 0 Å². The van der Waals surface area contributed by atoms with Crippen molar-refractivity contribution in [2.75, 3.05) is 5.32 Å². The predicted octanol–water partition coefficient (Wildman–Crippen LogP) is 2.84. The van der Waals surface area contributed by atoms with Crippen LogP contribution in [0.4, 0.5) is 10.1 Å². The molecule has 1 aromatic heterocycles. The lowest BCUT2D eigenvalue weighted by Crippen LogP contribution is -2.24. The van der Waals surface area contributed by atoms with Gasteiger partial charge in [-0.1, -0.05) is 6.07 Å². The third-order valence-electron chi connectivity index (χ3n) is 2.89. The van der Waals surface area contributed by atoms with Gasteiger partial charge in [0.15, 0.2) is 0 Å². The van der Waals surface area contributed by atoms with Crippen molar-refractivity contribution >= 4 is 11.6 Å². The van der Waals surface area contributed by atoms with E-state index in [4.69, 9.17) is 0 Å². The van der Waals surface area contributed by atoms with Crippen LogP contribution in [0.3, 0.4) is 0 Å². The fraction of sp³-hybridized carbons (Fsp3) is 0.286. The van der Waals surface area contributed by atoms with Gasteiger partial charge < -0.3 is 5.32 Å². The van der Waals surface area contributed by atoms with Gasteiger partial charge in [0.25, 0.3) is 0 Å². The fourth-order valence-corrected chi connectivity index (χ4v) is 1.74. The maximum Gasteiger partial charge on any atom is 0.249 e. The molecule has 0 bridgehead atoms. The molecule has 0 aliphatic rings. The van der Waals surface area contributed by atoms with Crippen LogP contribution < -0.4 is 5.32 Å². The summed E-state index contributed by atoms with van der Waals surface area (Å²) in [5, 5.41) is 6.66. The third kappa shape index (κ3) is 2.99. The number of rotatable bonds is 3. The molecule has 0 spiro atoms. The minimum Gasteiger partial charge on any atom is -0.322 e. The van der Waals surface area contributed by atoms with E-state index in [1.807, 2.05) is 13.8 Å². The molecule has 2 rings (SSSR count). The van der Waals surface area contributed by atoms with Crippen LogP contribution in [0.5, 0.6) is 0 Å². The minimum atomic E-state index is -0.492. The lowest BCUT2D eigenvalue weighted by Gasteiger charge is -2.13. The van der Waals surface area contributed by atoms with Crippen LogP contribution in [0.2, 0.25) is 0 Å². The van der Waals surface area contributed by atoms with E-state index < -0.39 is 11.9 Å². The molecule has 1 atom stereocenters. The second kappa shape index (κ2) is 5.22. The number of anilines is 1. The van der Waals surface area contributed by atoms with Crippen LogP contribution in [-0.4, -0.2) is 15.7 Å². The highest BCUT2D eigenvalue weighted by atomic mass is 19.1. The Labute approximate surface area is 111 Å². The number of aryl methyl sites for hydroxylation is 2. The zero-order valence-electron chi connectivity index (χ0n) is 11.1. The summed E-state index contributed by atoms with van der Waals surface area (Å²) in [5.41, 5.74) is 2.06. The van der Waals surface area contributed by atoms with Gasteiger partial charge >= 0.3 is 0 Å². The summed E-state index contributed by atoms with van der Waals surface area (Å²) in [6, 6.07) is 4.11. The van der Waals surface area contributed by atoms with E-state index in [9.17, 15) is 9.18 Å². The van der Waals surface area contributed by atoms with E-state index in [1.165, 1.54) is 6.07 Å². The topological polar surface area (TPSA) is 46.9 Å². The SMILES string of the molecule is Cc1ccc(F)c(NC(=O)C(C)n2cc(C)cn2)c1. The smallest absolute Gasteiger partial charge is 0.249 e. The van der Waals surface area contributed by atoms with Crippen molar-refractivity contribution in [1.82, 2.24) is 9.78 Å². The number of benzene rings is 1. The largest absolute Gasteiger partial charge is 0.322 e. The van der Waals surface area contributed by atoms with Crippen molar-refractivity contribution in [2.24, 2.45) is 0 Å². The van der Waals surface area contributed by atoms with Gasteiger partial charge in [0, 0.05) is 6.20 Å². The van der Waals surface area contributed by atoms with Crippen molar-refractivity contribution in [3.05, 3.63) is 47.5 Å².